The number of benzene rings is 1. The number of carbonyl (C=O) groups excluding carboxylic acids is 1. The highest BCUT2D eigenvalue weighted by Gasteiger charge is 2.17. The molecule has 2 heterocycles. The molecule has 7 nitrogen and oxygen atoms in total. The standard InChI is InChI=1S/C19H17N5O2/c1-13-17(10-15(11-20)18(25)22-13)19(26)23(2)12-14-4-6-16(7-5-14)24-9-3-8-21-24/h3-10H,12H2,1-2H3,(H,22,25). The predicted molar refractivity (Wildman–Crippen MR) is 95.9 cm³/mol. The maximum atomic E-state index is 12.7. The van der Waals surface area contributed by atoms with Gasteiger partial charge in [-0.2, -0.15) is 10.4 Å². The fourth-order valence-corrected chi connectivity index (χ4v) is 2.66. The average molecular weight is 347 g/mol. The summed E-state index contributed by atoms with van der Waals surface area (Å²) < 4.78 is 1.76. The number of carbonyl (C=O) groups is 1. The van der Waals surface area contributed by atoms with Crippen LogP contribution in [0.4, 0.5) is 0 Å². The van der Waals surface area contributed by atoms with Crippen LogP contribution in [0.15, 0.2) is 53.6 Å². The summed E-state index contributed by atoms with van der Waals surface area (Å²) in [6, 6.07) is 12.7. The summed E-state index contributed by atoms with van der Waals surface area (Å²) in [5.41, 5.74) is 2.09. The van der Waals surface area contributed by atoms with E-state index in [0.29, 0.717) is 17.8 Å². The number of nitrogens with zero attached hydrogens (tertiary/aromatic N) is 4. The molecule has 0 unspecified atom stereocenters. The molecular weight excluding hydrogens is 330 g/mol. The Morgan fingerprint density at radius 3 is 2.69 bits per heavy atom. The topological polar surface area (TPSA) is 94.8 Å². The smallest absolute Gasteiger partial charge is 0.266 e. The Balaban J connectivity index is 1.78. The maximum Gasteiger partial charge on any atom is 0.266 e. The molecule has 0 spiro atoms. The fraction of sp³-hybridized carbons (Fsp3) is 0.158. The van der Waals surface area contributed by atoms with Crippen LogP contribution in [0.2, 0.25) is 0 Å². The first-order chi connectivity index (χ1) is 12.5. The van der Waals surface area contributed by atoms with Crippen LogP contribution >= 0.6 is 0 Å². The van der Waals surface area contributed by atoms with Gasteiger partial charge in [0, 0.05) is 31.7 Å². The third-order valence-electron chi connectivity index (χ3n) is 4.06. The van der Waals surface area contributed by atoms with E-state index in [-0.39, 0.29) is 11.5 Å². The number of pyridine rings is 1. The first-order valence-corrected chi connectivity index (χ1v) is 7.98. The van der Waals surface area contributed by atoms with Crippen molar-refractivity contribution in [3.05, 3.63) is 81.5 Å². The molecule has 0 aliphatic carbocycles. The van der Waals surface area contributed by atoms with Gasteiger partial charge >= 0.3 is 0 Å². The first-order valence-electron chi connectivity index (χ1n) is 7.98. The number of nitrogens with one attached hydrogen (secondary N) is 1. The van der Waals surface area contributed by atoms with E-state index in [0.717, 1.165) is 11.3 Å². The van der Waals surface area contributed by atoms with E-state index in [1.807, 2.05) is 36.5 Å². The van der Waals surface area contributed by atoms with Crippen LogP contribution in [-0.2, 0) is 6.54 Å². The molecule has 0 saturated carbocycles. The van der Waals surface area contributed by atoms with Gasteiger partial charge in [-0.15, -0.1) is 0 Å². The Labute approximate surface area is 150 Å². The third kappa shape index (κ3) is 3.39. The summed E-state index contributed by atoms with van der Waals surface area (Å²) in [5.74, 6) is -0.258. The quantitative estimate of drug-likeness (QED) is 0.781. The largest absolute Gasteiger partial charge is 0.337 e. The van der Waals surface area contributed by atoms with Crippen molar-refractivity contribution in [2.24, 2.45) is 0 Å². The summed E-state index contributed by atoms with van der Waals surface area (Å²) in [4.78, 5) is 28.4. The van der Waals surface area contributed by atoms with Crippen LogP contribution in [0.25, 0.3) is 5.69 Å². The van der Waals surface area contributed by atoms with Gasteiger partial charge in [0.15, 0.2) is 0 Å². The Morgan fingerprint density at radius 1 is 1.35 bits per heavy atom. The average Bonchev–Trinajstić information content (AvgIpc) is 3.16. The second-order valence-electron chi connectivity index (χ2n) is 5.94. The lowest BCUT2D eigenvalue weighted by Crippen LogP contribution is -2.28. The Hall–Kier alpha value is -3.66. The highest BCUT2D eigenvalue weighted by Crippen LogP contribution is 2.13. The van der Waals surface area contributed by atoms with E-state index < -0.39 is 5.56 Å². The van der Waals surface area contributed by atoms with Crippen LogP contribution in [0, 0.1) is 18.3 Å². The van der Waals surface area contributed by atoms with Crippen molar-refractivity contribution in [3.8, 4) is 11.8 Å². The number of hydrogen-bond acceptors (Lipinski definition) is 4. The molecule has 130 valence electrons. The van der Waals surface area contributed by atoms with Gasteiger partial charge in [0.25, 0.3) is 11.5 Å². The molecule has 3 aromatic rings. The van der Waals surface area contributed by atoms with Gasteiger partial charge < -0.3 is 9.88 Å². The van der Waals surface area contributed by atoms with E-state index in [4.69, 9.17) is 5.26 Å². The minimum atomic E-state index is -0.488. The molecule has 1 N–H and O–H groups in total. The van der Waals surface area contributed by atoms with Crippen LogP contribution in [-0.4, -0.2) is 32.6 Å². The van der Waals surface area contributed by atoms with Crippen LogP contribution in [0.5, 0.6) is 0 Å². The molecule has 1 amide bonds. The zero-order chi connectivity index (χ0) is 18.7. The molecule has 1 aromatic carbocycles. The number of aryl methyl sites for hydroxylation is 1. The van der Waals surface area contributed by atoms with E-state index in [2.05, 4.69) is 10.1 Å². The summed E-state index contributed by atoms with van der Waals surface area (Å²) in [5, 5.41) is 13.2. The molecule has 0 atom stereocenters. The van der Waals surface area contributed by atoms with Crippen molar-refractivity contribution >= 4 is 5.91 Å². The Kier molecular flexibility index (Phi) is 4.67. The number of rotatable bonds is 4. The number of hydrogen-bond donors (Lipinski definition) is 1. The van der Waals surface area contributed by atoms with Gasteiger partial charge in [-0.3, -0.25) is 9.59 Å². The first kappa shape index (κ1) is 17.2. The number of H-pyrrole nitrogens is 1. The number of aromatic amines is 1. The van der Waals surface area contributed by atoms with E-state index in [1.165, 1.54) is 6.07 Å². The van der Waals surface area contributed by atoms with Crippen molar-refractivity contribution in [2.45, 2.75) is 13.5 Å². The highest BCUT2D eigenvalue weighted by atomic mass is 16.2. The molecule has 26 heavy (non-hydrogen) atoms. The van der Waals surface area contributed by atoms with Crippen molar-refractivity contribution in [3.63, 3.8) is 0 Å². The van der Waals surface area contributed by atoms with Gasteiger partial charge in [0.2, 0.25) is 0 Å². The fourth-order valence-electron chi connectivity index (χ4n) is 2.66. The molecule has 2 aromatic heterocycles. The van der Waals surface area contributed by atoms with Gasteiger partial charge in [0.05, 0.1) is 11.3 Å². The molecule has 0 bridgehead atoms. The summed E-state index contributed by atoms with van der Waals surface area (Å²) >= 11 is 0. The summed E-state index contributed by atoms with van der Waals surface area (Å²) in [6.45, 7) is 2.04. The second-order valence-corrected chi connectivity index (χ2v) is 5.94. The van der Waals surface area contributed by atoms with Gasteiger partial charge in [-0.25, -0.2) is 4.68 Å². The summed E-state index contributed by atoms with van der Waals surface area (Å²) in [6.07, 6.45) is 3.57. The zero-order valence-electron chi connectivity index (χ0n) is 14.4. The normalized spacial score (nSPS) is 10.3. The lowest BCUT2D eigenvalue weighted by Gasteiger charge is -2.18. The van der Waals surface area contributed by atoms with E-state index in [1.54, 1.807) is 35.8 Å². The third-order valence-corrected chi connectivity index (χ3v) is 4.06. The van der Waals surface area contributed by atoms with Crippen molar-refractivity contribution < 1.29 is 4.79 Å². The van der Waals surface area contributed by atoms with Crippen molar-refractivity contribution in [1.82, 2.24) is 19.7 Å². The lowest BCUT2D eigenvalue weighted by atomic mass is 10.1. The molecule has 3 rings (SSSR count). The molecule has 7 heteroatoms. The molecular formula is C19H17N5O2. The van der Waals surface area contributed by atoms with Crippen LogP contribution in [0.1, 0.15) is 27.2 Å². The van der Waals surface area contributed by atoms with Gasteiger partial charge in [-0.05, 0) is 36.8 Å². The van der Waals surface area contributed by atoms with Gasteiger partial charge in [0.1, 0.15) is 11.6 Å². The zero-order valence-corrected chi connectivity index (χ0v) is 14.4. The second kappa shape index (κ2) is 7.07. The SMILES string of the molecule is Cc1[nH]c(=O)c(C#N)cc1C(=O)N(C)Cc1ccc(-n2cccn2)cc1. The summed E-state index contributed by atoms with van der Waals surface area (Å²) in [7, 11) is 1.68. The highest BCUT2D eigenvalue weighted by molar-refractivity contribution is 5.95. The molecule has 0 saturated heterocycles. The van der Waals surface area contributed by atoms with E-state index in [9.17, 15) is 9.59 Å². The predicted octanol–water partition coefficient (Wildman–Crippen LogP) is 2.01. The Bertz CT molecular complexity index is 1030. The maximum absolute atomic E-state index is 12.7. The minimum absolute atomic E-state index is 0.0732. The number of amides is 1. The van der Waals surface area contributed by atoms with Crippen LogP contribution in [0.3, 0.4) is 0 Å². The van der Waals surface area contributed by atoms with Crippen molar-refractivity contribution in [1.29, 1.82) is 5.26 Å². The van der Waals surface area contributed by atoms with Crippen molar-refractivity contribution in [2.75, 3.05) is 7.05 Å². The number of nitriles is 1. The molecule has 0 fully saturated rings. The molecule has 0 aliphatic rings. The minimum Gasteiger partial charge on any atom is -0.337 e. The van der Waals surface area contributed by atoms with E-state index >= 15 is 0 Å². The number of aromatic nitrogens is 3. The monoisotopic (exact) mass is 347 g/mol. The Morgan fingerprint density at radius 2 is 2.08 bits per heavy atom. The van der Waals surface area contributed by atoms with Gasteiger partial charge in [-0.1, -0.05) is 12.1 Å². The molecule has 0 radical (unpaired) electrons. The van der Waals surface area contributed by atoms with Crippen LogP contribution < -0.4 is 5.56 Å². The lowest BCUT2D eigenvalue weighted by molar-refractivity contribution is 0.0784. The molecule has 0 aliphatic heterocycles.